The summed E-state index contributed by atoms with van der Waals surface area (Å²) in [4.78, 5) is 27.9. The van der Waals surface area contributed by atoms with Crippen LogP contribution in [0.25, 0.3) is 0 Å². The van der Waals surface area contributed by atoms with Gasteiger partial charge in [0.2, 0.25) is 0 Å². The van der Waals surface area contributed by atoms with Crippen LogP contribution in [0.5, 0.6) is 11.5 Å². The molecule has 1 aromatic carbocycles. The van der Waals surface area contributed by atoms with Gasteiger partial charge in [0.25, 0.3) is 0 Å². The average Bonchev–Trinajstić information content (AvgIpc) is 2.62. The highest BCUT2D eigenvalue weighted by Crippen LogP contribution is 2.38. The van der Waals surface area contributed by atoms with Gasteiger partial charge >= 0.3 is 12.2 Å². The monoisotopic (exact) mass is 383 g/mol. The van der Waals surface area contributed by atoms with Gasteiger partial charge in [0.15, 0.2) is 11.5 Å². The quantitative estimate of drug-likeness (QED) is 0.701. The van der Waals surface area contributed by atoms with Crippen LogP contribution in [0.2, 0.25) is 0 Å². The van der Waals surface area contributed by atoms with Crippen molar-refractivity contribution in [2.45, 2.75) is 13.8 Å². The molecule has 1 aromatic rings. The summed E-state index contributed by atoms with van der Waals surface area (Å²) in [6.07, 6.45) is -1.17. The van der Waals surface area contributed by atoms with Crippen LogP contribution in [0.3, 0.4) is 0 Å². The molecular formula is C18H29N3O6. The molecule has 0 spiro atoms. The van der Waals surface area contributed by atoms with Crippen LogP contribution < -0.4 is 19.7 Å². The molecule has 27 heavy (non-hydrogen) atoms. The second-order valence-corrected chi connectivity index (χ2v) is 5.72. The molecule has 1 rings (SSSR count). The van der Waals surface area contributed by atoms with E-state index in [-0.39, 0.29) is 13.2 Å². The molecule has 152 valence electrons. The van der Waals surface area contributed by atoms with Gasteiger partial charge in [-0.15, -0.1) is 0 Å². The summed E-state index contributed by atoms with van der Waals surface area (Å²) < 4.78 is 20.8. The molecule has 9 nitrogen and oxygen atoms in total. The lowest BCUT2D eigenvalue weighted by Gasteiger charge is -2.26. The summed E-state index contributed by atoms with van der Waals surface area (Å²) >= 11 is 0. The van der Waals surface area contributed by atoms with Crippen LogP contribution in [0, 0.1) is 0 Å². The molecule has 0 aliphatic carbocycles. The first kappa shape index (κ1) is 22.4. The van der Waals surface area contributed by atoms with Gasteiger partial charge < -0.3 is 23.8 Å². The number of ether oxygens (including phenoxy) is 4. The van der Waals surface area contributed by atoms with Gasteiger partial charge in [0, 0.05) is 25.2 Å². The van der Waals surface area contributed by atoms with Crippen LogP contribution in [-0.2, 0) is 9.47 Å². The Morgan fingerprint density at radius 1 is 0.963 bits per heavy atom. The molecule has 9 heteroatoms. The topological polar surface area (TPSA) is 89.6 Å². The average molecular weight is 383 g/mol. The van der Waals surface area contributed by atoms with E-state index in [1.165, 1.54) is 19.1 Å². The second kappa shape index (κ2) is 11.1. The maximum Gasteiger partial charge on any atom is 0.414 e. The van der Waals surface area contributed by atoms with E-state index in [1.807, 2.05) is 19.0 Å². The van der Waals surface area contributed by atoms with Gasteiger partial charge in [-0.05, 0) is 27.9 Å². The summed E-state index contributed by atoms with van der Waals surface area (Å²) in [5.74, 6) is 0.825. The van der Waals surface area contributed by atoms with E-state index < -0.39 is 12.2 Å². The lowest BCUT2D eigenvalue weighted by Crippen LogP contribution is -2.37. The van der Waals surface area contributed by atoms with E-state index in [1.54, 1.807) is 26.0 Å². The predicted molar refractivity (Wildman–Crippen MR) is 103 cm³/mol. The molecule has 0 aliphatic rings. The number of anilines is 2. The summed E-state index contributed by atoms with van der Waals surface area (Å²) in [7, 11) is 6.78. The zero-order valence-corrected chi connectivity index (χ0v) is 16.8. The van der Waals surface area contributed by atoms with E-state index in [0.29, 0.717) is 36.0 Å². The number of hydrogen-bond acceptors (Lipinski definition) is 7. The molecule has 0 bridgehead atoms. The Hall–Kier alpha value is -2.68. The zero-order chi connectivity index (χ0) is 20.4. The molecular weight excluding hydrogens is 354 g/mol. The third-order valence-corrected chi connectivity index (χ3v) is 3.56. The molecule has 0 aromatic heterocycles. The third-order valence-electron chi connectivity index (χ3n) is 3.56. The highest BCUT2D eigenvalue weighted by atomic mass is 16.6. The summed E-state index contributed by atoms with van der Waals surface area (Å²) in [5.41, 5.74) is 0.763. The van der Waals surface area contributed by atoms with Gasteiger partial charge in [-0.3, -0.25) is 10.2 Å². The largest absolute Gasteiger partial charge is 0.493 e. The van der Waals surface area contributed by atoms with Crippen LogP contribution in [0.15, 0.2) is 12.1 Å². The zero-order valence-electron chi connectivity index (χ0n) is 16.8. The lowest BCUT2D eigenvalue weighted by molar-refractivity contribution is 0.159. The number of likely N-dealkylation sites (N-methyl/N-ethyl adjacent to an activating group) is 1. The fraction of sp³-hybridized carbons (Fsp3) is 0.556. The first-order valence-electron chi connectivity index (χ1n) is 8.66. The van der Waals surface area contributed by atoms with Gasteiger partial charge in [0.05, 0.1) is 38.8 Å². The fourth-order valence-corrected chi connectivity index (χ4v) is 2.28. The van der Waals surface area contributed by atoms with Gasteiger partial charge in [-0.2, -0.15) is 0 Å². The van der Waals surface area contributed by atoms with Crippen molar-refractivity contribution in [3.05, 3.63) is 12.1 Å². The molecule has 0 saturated carbocycles. The summed E-state index contributed by atoms with van der Waals surface area (Å²) in [6.45, 7) is 4.82. The van der Waals surface area contributed by atoms with E-state index >= 15 is 0 Å². The number of carbonyl (C=O) groups is 2. The SMILES string of the molecule is CCOC(=O)Nc1cc(OC)c(OC)cc1N(CCN(C)C)C(=O)OCC. The molecule has 0 radical (unpaired) electrons. The maximum atomic E-state index is 12.5. The first-order valence-corrected chi connectivity index (χ1v) is 8.66. The summed E-state index contributed by atoms with van der Waals surface area (Å²) in [6, 6.07) is 3.19. The standard InChI is InChI=1S/C18H29N3O6/c1-7-26-17(22)19-13-11-15(24-5)16(25-6)12-14(13)21(10-9-20(3)4)18(23)27-8-2/h11-12H,7-10H2,1-6H3,(H,19,22). The normalized spacial score (nSPS) is 10.3. The molecule has 0 aliphatic heterocycles. The summed E-state index contributed by atoms with van der Waals surface area (Å²) in [5, 5.41) is 2.64. The van der Waals surface area contributed by atoms with Crippen molar-refractivity contribution < 1.29 is 28.5 Å². The number of rotatable bonds is 9. The van der Waals surface area contributed by atoms with Crippen molar-refractivity contribution in [2.24, 2.45) is 0 Å². The Balaban J connectivity index is 3.41. The minimum Gasteiger partial charge on any atom is -0.493 e. The minimum atomic E-state index is -0.637. The second-order valence-electron chi connectivity index (χ2n) is 5.72. The Labute approximate surface area is 160 Å². The number of amides is 2. The molecule has 0 fully saturated rings. The fourth-order valence-electron chi connectivity index (χ4n) is 2.28. The molecule has 1 N–H and O–H groups in total. The molecule has 0 heterocycles. The van der Waals surface area contributed by atoms with Crippen LogP contribution in [0.1, 0.15) is 13.8 Å². The van der Waals surface area contributed by atoms with E-state index in [0.717, 1.165) is 0 Å². The predicted octanol–water partition coefficient (Wildman–Crippen LogP) is 2.80. The lowest BCUT2D eigenvalue weighted by atomic mass is 10.2. The van der Waals surface area contributed by atoms with Crippen LogP contribution >= 0.6 is 0 Å². The maximum absolute atomic E-state index is 12.5. The Kier molecular flexibility index (Phi) is 9.21. The van der Waals surface area contributed by atoms with Gasteiger partial charge in [-0.25, -0.2) is 9.59 Å². The van der Waals surface area contributed by atoms with Gasteiger partial charge in [-0.1, -0.05) is 0 Å². The Bertz CT molecular complexity index is 636. The smallest absolute Gasteiger partial charge is 0.414 e. The molecule has 0 unspecified atom stereocenters. The number of benzene rings is 1. The van der Waals surface area contributed by atoms with Gasteiger partial charge in [0.1, 0.15) is 0 Å². The minimum absolute atomic E-state index is 0.219. The Morgan fingerprint density at radius 3 is 2.07 bits per heavy atom. The number of methoxy groups -OCH3 is 2. The molecule has 0 atom stereocenters. The molecule has 0 saturated heterocycles. The van der Waals surface area contributed by atoms with E-state index in [4.69, 9.17) is 18.9 Å². The first-order chi connectivity index (χ1) is 12.9. The van der Waals surface area contributed by atoms with Crippen LogP contribution in [0.4, 0.5) is 21.0 Å². The van der Waals surface area contributed by atoms with Crippen molar-refractivity contribution in [3.63, 3.8) is 0 Å². The Morgan fingerprint density at radius 2 is 1.56 bits per heavy atom. The van der Waals surface area contributed by atoms with E-state index in [2.05, 4.69) is 5.32 Å². The van der Waals surface area contributed by atoms with Crippen molar-refractivity contribution in [1.82, 2.24) is 4.90 Å². The van der Waals surface area contributed by atoms with Crippen molar-refractivity contribution in [1.29, 1.82) is 0 Å². The molecule has 2 amide bonds. The van der Waals surface area contributed by atoms with Crippen molar-refractivity contribution >= 4 is 23.6 Å². The third kappa shape index (κ3) is 6.52. The number of nitrogens with zero attached hydrogens (tertiary/aromatic N) is 2. The van der Waals surface area contributed by atoms with Crippen molar-refractivity contribution in [3.8, 4) is 11.5 Å². The number of carbonyl (C=O) groups excluding carboxylic acids is 2. The number of hydrogen-bond donors (Lipinski definition) is 1. The van der Waals surface area contributed by atoms with E-state index in [9.17, 15) is 9.59 Å². The highest BCUT2D eigenvalue weighted by molar-refractivity contribution is 5.98. The van der Waals surface area contributed by atoms with Crippen LogP contribution in [-0.4, -0.2) is 71.7 Å². The highest BCUT2D eigenvalue weighted by Gasteiger charge is 2.24. The number of nitrogens with one attached hydrogen (secondary N) is 1. The van der Waals surface area contributed by atoms with Crippen molar-refractivity contribution in [2.75, 3.05) is 64.8 Å².